The molecular formula is C17H20N2O6. The van der Waals surface area contributed by atoms with Gasteiger partial charge < -0.3 is 14.6 Å². The van der Waals surface area contributed by atoms with Gasteiger partial charge in [-0.2, -0.15) is 0 Å². The maximum Gasteiger partial charge on any atom is 0.326 e. The Morgan fingerprint density at radius 3 is 2.56 bits per heavy atom. The van der Waals surface area contributed by atoms with E-state index in [1.165, 1.54) is 27.3 Å². The van der Waals surface area contributed by atoms with E-state index in [1.54, 1.807) is 19.1 Å². The van der Waals surface area contributed by atoms with Gasteiger partial charge in [-0.25, -0.2) is 0 Å². The lowest BCUT2D eigenvalue weighted by molar-refractivity contribution is -0.152. The molecule has 2 saturated heterocycles. The van der Waals surface area contributed by atoms with Gasteiger partial charge in [-0.15, -0.1) is 0 Å². The molecule has 1 aromatic carbocycles. The number of fused-ring (bicyclic) bond motifs is 1. The molecule has 2 aliphatic heterocycles. The van der Waals surface area contributed by atoms with E-state index in [2.05, 4.69) is 5.32 Å². The summed E-state index contributed by atoms with van der Waals surface area (Å²) in [5.41, 5.74) is -0.694. The molecule has 0 aliphatic carbocycles. The summed E-state index contributed by atoms with van der Waals surface area (Å²) in [5.74, 6) is -2.77. The van der Waals surface area contributed by atoms with E-state index in [0.29, 0.717) is 5.56 Å². The molecule has 0 saturated carbocycles. The van der Waals surface area contributed by atoms with E-state index in [0.717, 1.165) is 4.90 Å². The number of imide groups is 1. The van der Waals surface area contributed by atoms with Gasteiger partial charge in [-0.1, -0.05) is 6.07 Å². The molecule has 25 heavy (non-hydrogen) atoms. The lowest BCUT2D eigenvalue weighted by Crippen LogP contribution is -2.53. The Labute approximate surface area is 144 Å². The first-order chi connectivity index (χ1) is 11.8. The Morgan fingerprint density at radius 2 is 1.96 bits per heavy atom. The summed E-state index contributed by atoms with van der Waals surface area (Å²) in [6.45, 7) is 1.57. The van der Waals surface area contributed by atoms with Gasteiger partial charge in [0.2, 0.25) is 11.8 Å². The second-order valence-electron chi connectivity index (χ2n) is 6.49. The van der Waals surface area contributed by atoms with Crippen LogP contribution in [0.3, 0.4) is 0 Å². The molecule has 2 heterocycles. The molecule has 4 atom stereocenters. The zero-order chi connectivity index (χ0) is 18.5. The van der Waals surface area contributed by atoms with Crippen molar-refractivity contribution in [3.05, 3.63) is 23.8 Å². The van der Waals surface area contributed by atoms with Crippen LogP contribution in [0.4, 0.5) is 0 Å². The number of hydrogen-bond acceptors (Lipinski definition) is 7. The van der Waals surface area contributed by atoms with Crippen LogP contribution in [-0.2, 0) is 19.1 Å². The van der Waals surface area contributed by atoms with E-state index in [9.17, 15) is 19.5 Å². The molecular weight excluding hydrogens is 328 g/mol. The van der Waals surface area contributed by atoms with Crippen LogP contribution in [0.2, 0.25) is 0 Å². The Kier molecular flexibility index (Phi) is 3.95. The van der Waals surface area contributed by atoms with E-state index in [-0.39, 0.29) is 17.4 Å². The minimum Gasteiger partial charge on any atom is -0.504 e. The fourth-order valence-electron chi connectivity index (χ4n) is 3.86. The van der Waals surface area contributed by atoms with Crippen molar-refractivity contribution in [1.29, 1.82) is 0 Å². The Bertz CT molecular complexity index is 764. The van der Waals surface area contributed by atoms with Gasteiger partial charge in [0.15, 0.2) is 11.5 Å². The number of hydrogen-bond donors (Lipinski definition) is 2. The van der Waals surface area contributed by atoms with Crippen LogP contribution in [0, 0.1) is 11.8 Å². The molecule has 2 aliphatic rings. The number of aromatic hydroxyl groups is 1. The van der Waals surface area contributed by atoms with E-state index >= 15 is 0 Å². The number of amides is 2. The van der Waals surface area contributed by atoms with Gasteiger partial charge >= 0.3 is 5.97 Å². The second-order valence-corrected chi connectivity index (χ2v) is 6.49. The zero-order valence-corrected chi connectivity index (χ0v) is 14.4. The van der Waals surface area contributed by atoms with Crippen molar-refractivity contribution in [1.82, 2.24) is 10.2 Å². The van der Waals surface area contributed by atoms with Crippen LogP contribution in [0.25, 0.3) is 0 Å². The normalized spacial score (nSPS) is 31.2. The second kappa shape index (κ2) is 5.73. The smallest absolute Gasteiger partial charge is 0.326 e. The third kappa shape index (κ3) is 2.28. The number of carbonyl (C=O) groups is 3. The SMILES string of the molecule is COC(=O)[C@]1(C)N[C@@H](c2ccc(O)c(OC)c2)[C@H]2C(=O)N(C)C(=O)[C@@H]21. The van der Waals surface area contributed by atoms with Crippen molar-refractivity contribution in [3.63, 3.8) is 0 Å². The van der Waals surface area contributed by atoms with Gasteiger partial charge in [0.1, 0.15) is 5.54 Å². The summed E-state index contributed by atoms with van der Waals surface area (Å²) in [4.78, 5) is 38.6. The number of benzene rings is 1. The van der Waals surface area contributed by atoms with Crippen LogP contribution in [0.1, 0.15) is 18.5 Å². The average molecular weight is 348 g/mol. The average Bonchev–Trinajstić information content (AvgIpc) is 3.04. The van der Waals surface area contributed by atoms with Crippen LogP contribution < -0.4 is 10.1 Å². The first-order valence-corrected chi connectivity index (χ1v) is 7.80. The number of ether oxygens (including phenoxy) is 2. The Morgan fingerprint density at radius 1 is 1.28 bits per heavy atom. The number of carbonyl (C=O) groups excluding carboxylic acids is 3. The molecule has 1 aromatic rings. The van der Waals surface area contributed by atoms with E-state index < -0.39 is 35.3 Å². The lowest BCUT2D eigenvalue weighted by Gasteiger charge is -2.27. The molecule has 8 heteroatoms. The summed E-state index contributed by atoms with van der Waals surface area (Å²) >= 11 is 0. The van der Waals surface area contributed by atoms with Crippen LogP contribution in [0.15, 0.2) is 18.2 Å². The predicted molar refractivity (Wildman–Crippen MR) is 85.7 cm³/mol. The fourth-order valence-corrected chi connectivity index (χ4v) is 3.86. The molecule has 134 valence electrons. The number of nitrogens with zero attached hydrogens (tertiary/aromatic N) is 1. The predicted octanol–water partition coefficient (Wildman–Crippen LogP) is 0.208. The van der Waals surface area contributed by atoms with Crippen molar-refractivity contribution in [2.45, 2.75) is 18.5 Å². The highest BCUT2D eigenvalue weighted by atomic mass is 16.5. The number of esters is 1. The Hall–Kier alpha value is -2.61. The molecule has 3 rings (SSSR count). The third-order valence-corrected chi connectivity index (χ3v) is 5.18. The van der Waals surface area contributed by atoms with E-state index in [4.69, 9.17) is 9.47 Å². The number of phenols is 1. The maximum absolute atomic E-state index is 12.6. The maximum atomic E-state index is 12.6. The number of phenolic OH excluding ortho intramolecular Hbond substituents is 1. The first kappa shape index (κ1) is 17.2. The number of nitrogens with one attached hydrogen (secondary N) is 1. The van der Waals surface area contributed by atoms with Crippen LogP contribution in [0.5, 0.6) is 11.5 Å². The molecule has 0 bridgehead atoms. The standard InChI is InChI=1S/C17H20N2O6/c1-17(16(23)25-4)12-11(14(21)19(2)15(12)22)13(18-17)8-5-6-9(20)10(7-8)24-3/h5-7,11-13,18,20H,1-4H3/t11-,12+,13-,17+/m0/s1. The molecule has 2 N–H and O–H groups in total. The van der Waals surface area contributed by atoms with E-state index in [1.807, 2.05) is 0 Å². The molecule has 0 unspecified atom stereocenters. The summed E-state index contributed by atoms with van der Waals surface area (Å²) in [7, 11) is 4.07. The molecule has 8 nitrogen and oxygen atoms in total. The van der Waals surface area contributed by atoms with Gasteiger partial charge in [0.25, 0.3) is 0 Å². The van der Waals surface area contributed by atoms with Gasteiger partial charge in [-0.3, -0.25) is 24.6 Å². The van der Waals surface area contributed by atoms with Crippen molar-refractivity contribution >= 4 is 17.8 Å². The minimum absolute atomic E-state index is 0.0394. The molecule has 0 spiro atoms. The monoisotopic (exact) mass is 348 g/mol. The first-order valence-electron chi connectivity index (χ1n) is 7.80. The fraction of sp³-hybridized carbons (Fsp3) is 0.471. The summed E-state index contributed by atoms with van der Waals surface area (Å²) in [6, 6.07) is 4.07. The van der Waals surface area contributed by atoms with Crippen LogP contribution in [-0.4, -0.2) is 54.6 Å². The van der Waals surface area contributed by atoms with Crippen molar-refractivity contribution in [2.75, 3.05) is 21.3 Å². The largest absolute Gasteiger partial charge is 0.504 e. The summed E-state index contributed by atoms with van der Waals surface area (Å²) < 4.78 is 9.98. The van der Waals surface area contributed by atoms with Gasteiger partial charge in [-0.05, 0) is 24.6 Å². The number of rotatable bonds is 3. The molecule has 2 fully saturated rings. The van der Waals surface area contributed by atoms with Crippen LogP contribution >= 0.6 is 0 Å². The highest BCUT2D eigenvalue weighted by Crippen LogP contribution is 2.49. The van der Waals surface area contributed by atoms with Crippen molar-refractivity contribution < 1.29 is 29.0 Å². The summed E-state index contributed by atoms with van der Waals surface area (Å²) in [5, 5.41) is 12.9. The van der Waals surface area contributed by atoms with Crippen molar-refractivity contribution in [3.8, 4) is 11.5 Å². The quantitative estimate of drug-likeness (QED) is 0.594. The number of methoxy groups -OCH3 is 2. The third-order valence-electron chi connectivity index (χ3n) is 5.18. The number of likely N-dealkylation sites (tertiary alicyclic amines) is 1. The zero-order valence-electron chi connectivity index (χ0n) is 14.4. The molecule has 0 aromatic heterocycles. The lowest BCUT2D eigenvalue weighted by atomic mass is 9.80. The van der Waals surface area contributed by atoms with Crippen molar-refractivity contribution in [2.24, 2.45) is 11.8 Å². The topological polar surface area (TPSA) is 105 Å². The molecule has 0 radical (unpaired) electrons. The Balaban J connectivity index is 2.11. The highest BCUT2D eigenvalue weighted by molar-refractivity contribution is 6.09. The van der Waals surface area contributed by atoms with Gasteiger partial charge in [0, 0.05) is 13.1 Å². The summed E-state index contributed by atoms with van der Waals surface area (Å²) in [6.07, 6.45) is 0. The molecule has 2 amide bonds. The minimum atomic E-state index is -1.33. The highest BCUT2D eigenvalue weighted by Gasteiger charge is 2.66. The van der Waals surface area contributed by atoms with Gasteiger partial charge in [0.05, 0.1) is 26.1 Å².